The van der Waals surface area contributed by atoms with Gasteiger partial charge in [-0.25, -0.2) is 0 Å². The van der Waals surface area contributed by atoms with Gasteiger partial charge in [0.15, 0.2) is 0 Å². The molecular formula is C28H22Br2N2O2. The Labute approximate surface area is 216 Å². The molecule has 0 heterocycles. The Morgan fingerprint density at radius 1 is 0.559 bits per heavy atom. The van der Waals surface area contributed by atoms with E-state index in [9.17, 15) is 0 Å². The first-order valence-electron chi connectivity index (χ1n) is 10.5. The van der Waals surface area contributed by atoms with Crippen LogP contribution in [0.4, 0.5) is 11.4 Å². The zero-order chi connectivity index (χ0) is 23.9. The second-order valence-corrected chi connectivity index (χ2v) is 9.10. The van der Waals surface area contributed by atoms with E-state index in [-0.39, 0.29) is 0 Å². The smallest absolute Gasteiger partial charge is 0.118 e. The van der Waals surface area contributed by atoms with Crippen LogP contribution in [-0.2, 0) is 0 Å². The molecule has 0 bridgehead atoms. The first-order chi connectivity index (χ1) is 16.6. The lowest BCUT2D eigenvalue weighted by Gasteiger charge is -2.09. The van der Waals surface area contributed by atoms with Gasteiger partial charge in [0.05, 0.1) is 25.6 Å². The van der Waals surface area contributed by atoms with Crippen molar-refractivity contribution in [3.05, 3.63) is 105 Å². The third-order valence-corrected chi connectivity index (χ3v) is 6.46. The SMILES string of the molecule is COc1ccc(C=Nc2ccc(-c3ccc(N=Cc4ccc(OC)cc4)cc3Br)c(Br)c2)cc1. The summed E-state index contributed by atoms with van der Waals surface area (Å²) in [6, 6.07) is 27.7. The number of rotatable bonds is 7. The Bertz CT molecular complexity index is 1230. The summed E-state index contributed by atoms with van der Waals surface area (Å²) in [5, 5.41) is 0. The number of hydrogen-bond donors (Lipinski definition) is 0. The van der Waals surface area contributed by atoms with Crippen LogP contribution in [0.25, 0.3) is 11.1 Å². The molecule has 0 fully saturated rings. The van der Waals surface area contributed by atoms with Gasteiger partial charge in [-0.05, 0) is 95.1 Å². The molecule has 34 heavy (non-hydrogen) atoms. The van der Waals surface area contributed by atoms with Crippen LogP contribution in [0.5, 0.6) is 11.5 Å². The summed E-state index contributed by atoms with van der Waals surface area (Å²) in [4.78, 5) is 9.19. The largest absolute Gasteiger partial charge is 0.497 e. The first-order valence-corrected chi connectivity index (χ1v) is 12.1. The second kappa shape index (κ2) is 11.3. The van der Waals surface area contributed by atoms with Gasteiger partial charge in [-0.1, -0.05) is 44.0 Å². The van der Waals surface area contributed by atoms with E-state index in [0.29, 0.717) is 0 Å². The van der Waals surface area contributed by atoms with E-state index < -0.39 is 0 Å². The second-order valence-electron chi connectivity index (χ2n) is 7.39. The maximum atomic E-state index is 5.20. The van der Waals surface area contributed by atoms with Crippen molar-refractivity contribution in [2.45, 2.75) is 0 Å². The van der Waals surface area contributed by atoms with Gasteiger partial charge >= 0.3 is 0 Å². The molecule has 0 spiro atoms. The Hall–Kier alpha value is -3.22. The van der Waals surface area contributed by atoms with Crippen LogP contribution in [-0.4, -0.2) is 26.6 Å². The Kier molecular flexibility index (Phi) is 7.93. The number of methoxy groups -OCH3 is 2. The number of ether oxygens (including phenoxy) is 2. The van der Waals surface area contributed by atoms with Crippen LogP contribution in [0.2, 0.25) is 0 Å². The van der Waals surface area contributed by atoms with Crippen molar-refractivity contribution in [1.82, 2.24) is 0 Å². The predicted octanol–water partition coefficient (Wildman–Crippen LogP) is 8.40. The van der Waals surface area contributed by atoms with Gasteiger partial charge in [0.1, 0.15) is 11.5 Å². The summed E-state index contributed by atoms with van der Waals surface area (Å²) in [7, 11) is 3.31. The van der Waals surface area contributed by atoms with E-state index in [1.54, 1.807) is 14.2 Å². The van der Waals surface area contributed by atoms with Crippen molar-refractivity contribution in [1.29, 1.82) is 0 Å². The monoisotopic (exact) mass is 576 g/mol. The fourth-order valence-electron chi connectivity index (χ4n) is 3.28. The molecule has 170 valence electrons. The summed E-state index contributed by atoms with van der Waals surface area (Å²) >= 11 is 7.41. The molecular weight excluding hydrogens is 556 g/mol. The van der Waals surface area contributed by atoms with Crippen molar-refractivity contribution in [3.8, 4) is 22.6 Å². The standard InChI is InChI=1S/C28H22Br2N2O2/c1-33-23-9-3-19(4-10-23)17-31-21-7-13-25(27(29)15-21)26-14-8-22(16-28(26)30)32-18-20-5-11-24(34-2)12-6-20/h3-18H,1-2H3. The number of benzene rings is 4. The normalized spacial score (nSPS) is 11.3. The molecule has 4 aromatic carbocycles. The van der Waals surface area contributed by atoms with E-state index in [1.165, 1.54) is 0 Å². The maximum absolute atomic E-state index is 5.20. The summed E-state index contributed by atoms with van der Waals surface area (Å²) in [6.07, 6.45) is 3.68. The molecule has 0 amide bonds. The molecule has 0 unspecified atom stereocenters. The Morgan fingerprint density at radius 3 is 1.26 bits per heavy atom. The van der Waals surface area contributed by atoms with Crippen LogP contribution in [0.1, 0.15) is 11.1 Å². The lowest BCUT2D eigenvalue weighted by atomic mass is 10.0. The molecule has 0 N–H and O–H groups in total. The van der Waals surface area contributed by atoms with Gasteiger partial charge < -0.3 is 9.47 Å². The van der Waals surface area contributed by atoms with E-state index >= 15 is 0 Å². The quantitative estimate of drug-likeness (QED) is 0.207. The molecule has 0 saturated carbocycles. The molecule has 0 atom stereocenters. The van der Waals surface area contributed by atoms with E-state index in [4.69, 9.17) is 9.47 Å². The fourth-order valence-corrected chi connectivity index (χ4v) is 4.44. The van der Waals surface area contributed by atoms with Gasteiger partial charge in [-0.15, -0.1) is 0 Å². The summed E-state index contributed by atoms with van der Waals surface area (Å²) in [5.41, 5.74) is 5.89. The average molecular weight is 578 g/mol. The molecule has 4 aromatic rings. The molecule has 6 heteroatoms. The van der Waals surface area contributed by atoms with Crippen LogP contribution < -0.4 is 9.47 Å². The first kappa shape index (κ1) is 23.9. The van der Waals surface area contributed by atoms with Crippen molar-refractivity contribution < 1.29 is 9.47 Å². The van der Waals surface area contributed by atoms with Gasteiger partial charge in [0, 0.05) is 21.4 Å². The zero-order valence-corrected chi connectivity index (χ0v) is 21.9. The average Bonchev–Trinajstić information content (AvgIpc) is 2.87. The lowest BCUT2D eigenvalue weighted by molar-refractivity contribution is 0.414. The van der Waals surface area contributed by atoms with Crippen LogP contribution in [0.3, 0.4) is 0 Å². The fraction of sp³-hybridized carbons (Fsp3) is 0.0714. The maximum Gasteiger partial charge on any atom is 0.118 e. The van der Waals surface area contributed by atoms with E-state index in [0.717, 1.165) is 54.1 Å². The van der Waals surface area contributed by atoms with Gasteiger partial charge in [0.2, 0.25) is 0 Å². The summed E-state index contributed by atoms with van der Waals surface area (Å²) in [5.74, 6) is 1.65. The number of aliphatic imine (C=N–C) groups is 2. The van der Waals surface area contributed by atoms with Crippen LogP contribution in [0.15, 0.2) is 104 Å². The minimum Gasteiger partial charge on any atom is -0.497 e. The molecule has 0 aliphatic rings. The molecule has 0 aromatic heterocycles. The third-order valence-electron chi connectivity index (χ3n) is 5.15. The van der Waals surface area contributed by atoms with Gasteiger partial charge in [-0.3, -0.25) is 9.98 Å². The zero-order valence-electron chi connectivity index (χ0n) is 18.7. The van der Waals surface area contributed by atoms with Crippen molar-refractivity contribution >= 4 is 55.7 Å². The highest BCUT2D eigenvalue weighted by atomic mass is 79.9. The van der Waals surface area contributed by atoms with Crippen molar-refractivity contribution in [3.63, 3.8) is 0 Å². The van der Waals surface area contributed by atoms with Gasteiger partial charge in [-0.2, -0.15) is 0 Å². The minimum atomic E-state index is 0.826. The van der Waals surface area contributed by atoms with Gasteiger partial charge in [0.25, 0.3) is 0 Å². The molecule has 4 rings (SSSR count). The van der Waals surface area contributed by atoms with Crippen molar-refractivity contribution in [2.24, 2.45) is 9.98 Å². The highest BCUT2D eigenvalue weighted by Crippen LogP contribution is 2.37. The van der Waals surface area contributed by atoms with Crippen LogP contribution in [0, 0.1) is 0 Å². The number of halogens is 2. The molecule has 0 radical (unpaired) electrons. The van der Waals surface area contributed by atoms with E-state index in [2.05, 4.69) is 54.0 Å². The summed E-state index contributed by atoms with van der Waals surface area (Å²) in [6.45, 7) is 0. The highest BCUT2D eigenvalue weighted by Gasteiger charge is 2.09. The molecule has 4 nitrogen and oxygen atoms in total. The predicted molar refractivity (Wildman–Crippen MR) is 148 cm³/mol. The highest BCUT2D eigenvalue weighted by molar-refractivity contribution is 9.11. The number of nitrogens with zero attached hydrogens (tertiary/aromatic N) is 2. The lowest BCUT2D eigenvalue weighted by Crippen LogP contribution is -1.85. The Balaban J connectivity index is 1.49. The van der Waals surface area contributed by atoms with Crippen molar-refractivity contribution in [2.75, 3.05) is 14.2 Å². The van der Waals surface area contributed by atoms with E-state index in [1.807, 2.05) is 85.2 Å². The topological polar surface area (TPSA) is 43.2 Å². The minimum absolute atomic E-state index is 0.826. The molecule has 0 saturated heterocycles. The number of hydrogen-bond acceptors (Lipinski definition) is 4. The van der Waals surface area contributed by atoms with Crippen LogP contribution >= 0.6 is 31.9 Å². The third kappa shape index (κ3) is 6.01. The molecule has 0 aliphatic heterocycles. The summed E-state index contributed by atoms with van der Waals surface area (Å²) < 4.78 is 12.3. The Morgan fingerprint density at radius 2 is 0.941 bits per heavy atom. The molecule has 0 aliphatic carbocycles.